The minimum Gasteiger partial charge on any atom is -0.336 e. The molecule has 2 aromatic rings. The van der Waals surface area contributed by atoms with E-state index in [0.717, 1.165) is 30.6 Å². The monoisotopic (exact) mass is 311 g/mol. The maximum absolute atomic E-state index is 6.27. The Bertz CT molecular complexity index is 546. The molecule has 0 aliphatic heterocycles. The Morgan fingerprint density at radius 2 is 2.00 bits per heavy atom. The Morgan fingerprint density at radius 1 is 1.30 bits per heavy atom. The molecule has 0 radical (unpaired) electrons. The zero-order valence-corrected chi connectivity index (χ0v) is 13.2. The molecule has 0 saturated carbocycles. The van der Waals surface area contributed by atoms with Gasteiger partial charge in [-0.2, -0.15) is 0 Å². The summed E-state index contributed by atoms with van der Waals surface area (Å²) in [5.74, 6) is 0. The van der Waals surface area contributed by atoms with Gasteiger partial charge in [-0.25, -0.2) is 4.98 Å². The van der Waals surface area contributed by atoms with Gasteiger partial charge in [-0.05, 0) is 37.1 Å². The van der Waals surface area contributed by atoms with E-state index >= 15 is 0 Å². The van der Waals surface area contributed by atoms with Gasteiger partial charge in [0.15, 0.2) is 0 Å². The number of nitrogens with zero attached hydrogens (tertiary/aromatic N) is 2. The van der Waals surface area contributed by atoms with Crippen LogP contribution in [0.3, 0.4) is 0 Å². The van der Waals surface area contributed by atoms with Crippen molar-refractivity contribution in [3.63, 3.8) is 0 Å². The summed E-state index contributed by atoms with van der Waals surface area (Å²) in [6.07, 6.45) is 5.52. The molecule has 0 aliphatic carbocycles. The zero-order valence-electron chi connectivity index (χ0n) is 11.7. The molecule has 1 aromatic heterocycles. The predicted molar refractivity (Wildman–Crippen MR) is 84.4 cm³/mol. The van der Waals surface area contributed by atoms with Crippen LogP contribution in [0, 0.1) is 0 Å². The maximum Gasteiger partial charge on any atom is 0.0946 e. The van der Waals surface area contributed by atoms with E-state index in [-0.39, 0.29) is 6.04 Å². The summed E-state index contributed by atoms with van der Waals surface area (Å²) in [4.78, 5) is 4.19. The van der Waals surface area contributed by atoms with Crippen molar-refractivity contribution in [2.45, 2.75) is 25.8 Å². The molecule has 2 rings (SSSR count). The normalized spacial score (nSPS) is 12.6. The van der Waals surface area contributed by atoms with Crippen LogP contribution >= 0.6 is 23.2 Å². The Kier molecular flexibility index (Phi) is 5.46. The largest absolute Gasteiger partial charge is 0.336 e. The summed E-state index contributed by atoms with van der Waals surface area (Å²) in [6.45, 7) is 3.09. The Morgan fingerprint density at radius 3 is 2.55 bits per heavy atom. The van der Waals surface area contributed by atoms with Crippen molar-refractivity contribution >= 4 is 23.2 Å². The van der Waals surface area contributed by atoms with E-state index in [1.807, 2.05) is 42.3 Å². The van der Waals surface area contributed by atoms with Gasteiger partial charge in [0, 0.05) is 23.3 Å². The molecule has 1 N–H and O–H groups in total. The van der Waals surface area contributed by atoms with Crippen LogP contribution in [0.2, 0.25) is 10.0 Å². The number of benzene rings is 1. The SMILES string of the molecule is CCCNC(Cc1c(Cl)cccc1Cl)c1cncn1C. The van der Waals surface area contributed by atoms with E-state index in [4.69, 9.17) is 23.2 Å². The highest BCUT2D eigenvalue weighted by molar-refractivity contribution is 6.36. The maximum atomic E-state index is 6.27. The Labute approximate surface area is 129 Å². The quantitative estimate of drug-likeness (QED) is 0.873. The van der Waals surface area contributed by atoms with Gasteiger partial charge in [-0.3, -0.25) is 0 Å². The van der Waals surface area contributed by atoms with Crippen LogP contribution in [-0.4, -0.2) is 16.1 Å². The van der Waals surface area contributed by atoms with Gasteiger partial charge in [0.1, 0.15) is 0 Å². The molecule has 3 nitrogen and oxygen atoms in total. The third-order valence-corrected chi connectivity index (χ3v) is 4.03. The fraction of sp³-hybridized carbons (Fsp3) is 0.400. The van der Waals surface area contributed by atoms with Crippen molar-refractivity contribution in [2.24, 2.45) is 7.05 Å². The van der Waals surface area contributed by atoms with Crippen molar-refractivity contribution in [1.29, 1.82) is 0 Å². The molecule has 20 heavy (non-hydrogen) atoms. The van der Waals surface area contributed by atoms with Gasteiger partial charge in [0.05, 0.1) is 18.1 Å². The summed E-state index contributed by atoms with van der Waals surface area (Å²) in [5.41, 5.74) is 2.11. The molecule has 108 valence electrons. The predicted octanol–water partition coefficient (Wildman–Crippen LogP) is 4.01. The molecule has 1 atom stereocenters. The second-order valence-corrected chi connectivity index (χ2v) is 5.65. The van der Waals surface area contributed by atoms with Crippen molar-refractivity contribution < 1.29 is 0 Å². The number of hydrogen-bond donors (Lipinski definition) is 1. The first-order valence-electron chi connectivity index (χ1n) is 6.76. The van der Waals surface area contributed by atoms with E-state index in [0.29, 0.717) is 10.0 Å². The Hall–Kier alpha value is -1.03. The average Bonchev–Trinajstić information content (AvgIpc) is 2.84. The van der Waals surface area contributed by atoms with Gasteiger partial charge < -0.3 is 9.88 Å². The molecule has 0 bridgehead atoms. The van der Waals surface area contributed by atoms with Crippen molar-refractivity contribution in [3.8, 4) is 0 Å². The molecule has 1 unspecified atom stereocenters. The summed E-state index contributed by atoms with van der Waals surface area (Å²) >= 11 is 12.5. The van der Waals surface area contributed by atoms with Crippen LogP contribution in [0.15, 0.2) is 30.7 Å². The van der Waals surface area contributed by atoms with Crippen LogP contribution in [0.5, 0.6) is 0 Å². The van der Waals surface area contributed by atoms with Crippen molar-refractivity contribution in [3.05, 3.63) is 52.0 Å². The highest BCUT2D eigenvalue weighted by Gasteiger charge is 2.18. The van der Waals surface area contributed by atoms with E-state index in [2.05, 4.69) is 17.2 Å². The molecule has 1 heterocycles. The number of aryl methyl sites for hydroxylation is 1. The molecule has 0 spiro atoms. The van der Waals surface area contributed by atoms with Gasteiger partial charge >= 0.3 is 0 Å². The van der Waals surface area contributed by atoms with E-state index in [9.17, 15) is 0 Å². The molecular weight excluding hydrogens is 293 g/mol. The minimum absolute atomic E-state index is 0.153. The van der Waals surface area contributed by atoms with E-state index in [1.165, 1.54) is 0 Å². The topological polar surface area (TPSA) is 29.9 Å². The van der Waals surface area contributed by atoms with Crippen LogP contribution in [0.4, 0.5) is 0 Å². The van der Waals surface area contributed by atoms with Crippen LogP contribution in [0.1, 0.15) is 30.6 Å². The minimum atomic E-state index is 0.153. The number of hydrogen-bond acceptors (Lipinski definition) is 2. The average molecular weight is 312 g/mol. The lowest BCUT2D eigenvalue weighted by Gasteiger charge is -2.20. The van der Waals surface area contributed by atoms with Gasteiger partial charge in [-0.1, -0.05) is 36.2 Å². The lowest BCUT2D eigenvalue weighted by molar-refractivity contribution is 0.504. The van der Waals surface area contributed by atoms with Crippen LogP contribution in [0.25, 0.3) is 0 Å². The van der Waals surface area contributed by atoms with Crippen LogP contribution in [-0.2, 0) is 13.5 Å². The van der Waals surface area contributed by atoms with Crippen molar-refractivity contribution in [1.82, 2.24) is 14.9 Å². The van der Waals surface area contributed by atoms with E-state index < -0.39 is 0 Å². The second-order valence-electron chi connectivity index (χ2n) is 4.84. The lowest BCUT2D eigenvalue weighted by Crippen LogP contribution is -2.26. The molecule has 0 fully saturated rings. The number of imidazole rings is 1. The Balaban J connectivity index is 2.26. The van der Waals surface area contributed by atoms with Gasteiger partial charge in [0.25, 0.3) is 0 Å². The van der Waals surface area contributed by atoms with Crippen molar-refractivity contribution in [2.75, 3.05) is 6.54 Å². The standard InChI is InChI=1S/C15H19Cl2N3/c1-3-7-19-14(15-9-18-10-20(15)2)8-11-12(16)5-4-6-13(11)17/h4-6,9-10,14,19H,3,7-8H2,1-2H3. The first kappa shape index (κ1) is 15.4. The summed E-state index contributed by atoms with van der Waals surface area (Å²) in [5, 5.41) is 4.96. The smallest absolute Gasteiger partial charge is 0.0946 e. The molecule has 0 amide bonds. The third kappa shape index (κ3) is 3.54. The first-order valence-corrected chi connectivity index (χ1v) is 7.51. The highest BCUT2D eigenvalue weighted by Crippen LogP contribution is 2.29. The van der Waals surface area contributed by atoms with Crippen LogP contribution < -0.4 is 5.32 Å². The highest BCUT2D eigenvalue weighted by atomic mass is 35.5. The summed E-state index contributed by atoms with van der Waals surface area (Å²) in [6, 6.07) is 5.78. The number of rotatable bonds is 6. The molecule has 0 saturated heterocycles. The number of halogens is 2. The molecule has 0 aliphatic rings. The summed E-state index contributed by atoms with van der Waals surface area (Å²) < 4.78 is 2.03. The lowest BCUT2D eigenvalue weighted by atomic mass is 10.0. The number of aromatic nitrogens is 2. The van der Waals surface area contributed by atoms with Gasteiger partial charge in [-0.15, -0.1) is 0 Å². The molecule has 1 aromatic carbocycles. The molecule has 5 heteroatoms. The third-order valence-electron chi connectivity index (χ3n) is 3.32. The summed E-state index contributed by atoms with van der Waals surface area (Å²) in [7, 11) is 2.00. The van der Waals surface area contributed by atoms with Gasteiger partial charge in [0.2, 0.25) is 0 Å². The molecular formula is C15H19Cl2N3. The second kappa shape index (κ2) is 7.11. The number of nitrogens with one attached hydrogen (secondary N) is 1. The fourth-order valence-electron chi connectivity index (χ4n) is 2.23. The fourth-order valence-corrected chi connectivity index (χ4v) is 2.79. The first-order chi connectivity index (χ1) is 9.63. The van der Waals surface area contributed by atoms with E-state index in [1.54, 1.807) is 0 Å². The zero-order chi connectivity index (χ0) is 14.5.